The van der Waals surface area contributed by atoms with E-state index < -0.39 is 11.7 Å². The summed E-state index contributed by atoms with van der Waals surface area (Å²) in [5, 5.41) is 5.93. The molecule has 0 bridgehead atoms. The fourth-order valence-corrected chi connectivity index (χ4v) is 2.01. The molecular weight excluding hydrogens is 304 g/mol. The van der Waals surface area contributed by atoms with Gasteiger partial charge in [-0.2, -0.15) is 0 Å². The number of guanidine groups is 1. The lowest BCUT2D eigenvalue weighted by molar-refractivity contribution is 0.0505. The fraction of sp³-hybridized carbons (Fsp3) is 0.556. The Balaban J connectivity index is 2.72. The molecule has 0 spiro atoms. The number of aliphatic imine (C=N–C) groups is 1. The van der Waals surface area contributed by atoms with Gasteiger partial charge in [-0.3, -0.25) is 4.99 Å². The molecule has 1 rings (SSSR count). The van der Waals surface area contributed by atoms with Gasteiger partial charge in [-0.15, -0.1) is 0 Å². The number of ether oxygens (including phenoxy) is 1. The Morgan fingerprint density at radius 2 is 1.96 bits per heavy atom. The van der Waals surface area contributed by atoms with E-state index in [0.29, 0.717) is 12.5 Å². The molecule has 1 amide bonds. The number of nitrogens with zero attached hydrogens (tertiary/aromatic N) is 1. The summed E-state index contributed by atoms with van der Waals surface area (Å²) in [6, 6.07) is 9.36. The number of hydrogen-bond donors (Lipinski definition) is 3. The van der Waals surface area contributed by atoms with Crippen LogP contribution in [0.4, 0.5) is 4.79 Å². The average molecular weight is 334 g/mol. The molecule has 0 aliphatic heterocycles. The number of alkyl carbamates (subject to hydrolysis) is 1. The minimum absolute atomic E-state index is 0.299. The van der Waals surface area contributed by atoms with E-state index in [1.165, 1.54) is 0 Å². The van der Waals surface area contributed by atoms with Gasteiger partial charge < -0.3 is 21.1 Å². The molecule has 4 N–H and O–H groups in total. The summed E-state index contributed by atoms with van der Waals surface area (Å²) in [5.41, 5.74) is 6.27. The molecule has 6 nitrogen and oxygen atoms in total. The summed E-state index contributed by atoms with van der Waals surface area (Å²) in [4.78, 5) is 16.4. The van der Waals surface area contributed by atoms with Crippen LogP contribution < -0.4 is 16.4 Å². The Morgan fingerprint density at radius 3 is 2.54 bits per heavy atom. The second kappa shape index (κ2) is 9.80. The summed E-state index contributed by atoms with van der Waals surface area (Å²) >= 11 is 0. The third-order valence-electron chi connectivity index (χ3n) is 3.17. The Kier molecular flexibility index (Phi) is 8.09. The monoisotopic (exact) mass is 334 g/mol. The van der Waals surface area contributed by atoms with Crippen LogP contribution in [-0.4, -0.2) is 30.7 Å². The quantitative estimate of drug-likeness (QED) is 0.406. The number of rotatable bonds is 7. The van der Waals surface area contributed by atoms with Crippen LogP contribution >= 0.6 is 0 Å². The van der Waals surface area contributed by atoms with Gasteiger partial charge in [0.1, 0.15) is 5.60 Å². The van der Waals surface area contributed by atoms with Crippen LogP contribution in [0.2, 0.25) is 0 Å². The first-order valence-corrected chi connectivity index (χ1v) is 8.40. The number of hydrogen-bond acceptors (Lipinski definition) is 3. The van der Waals surface area contributed by atoms with Crippen molar-refractivity contribution in [2.45, 2.75) is 52.2 Å². The minimum Gasteiger partial charge on any atom is -0.444 e. The number of nitrogens with one attached hydrogen (secondary N) is 2. The van der Waals surface area contributed by atoms with Crippen LogP contribution in [0, 0.1) is 0 Å². The van der Waals surface area contributed by atoms with Crippen LogP contribution in [0.1, 0.15) is 52.1 Å². The second-order valence-electron chi connectivity index (χ2n) is 6.62. The zero-order chi connectivity index (χ0) is 18.0. The SMILES string of the molecule is CCCCNC(N)=NCC(NC(=O)OC(C)(C)C)c1ccccc1. The van der Waals surface area contributed by atoms with Crippen molar-refractivity contribution in [3.05, 3.63) is 35.9 Å². The molecule has 6 heteroatoms. The maximum Gasteiger partial charge on any atom is 0.408 e. The standard InChI is InChI=1S/C18H30N4O2/c1-5-6-12-20-16(19)21-13-15(14-10-8-7-9-11-14)22-17(23)24-18(2,3)4/h7-11,15H,5-6,12-13H2,1-4H3,(H,22,23)(H3,19,20,21). The van der Waals surface area contributed by atoms with E-state index in [2.05, 4.69) is 22.5 Å². The molecule has 0 radical (unpaired) electrons. The molecule has 0 fully saturated rings. The summed E-state index contributed by atoms with van der Waals surface area (Å²) in [7, 11) is 0. The van der Waals surface area contributed by atoms with Crippen molar-refractivity contribution >= 4 is 12.1 Å². The van der Waals surface area contributed by atoms with E-state index in [0.717, 1.165) is 24.9 Å². The van der Waals surface area contributed by atoms with E-state index >= 15 is 0 Å². The molecule has 0 heterocycles. The molecule has 1 aromatic rings. The molecule has 0 aliphatic carbocycles. The molecule has 1 aromatic carbocycles. The molecule has 1 atom stereocenters. The molecule has 24 heavy (non-hydrogen) atoms. The van der Waals surface area contributed by atoms with Gasteiger partial charge in [0.05, 0.1) is 12.6 Å². The van der Waals surface area contributed by atoms with Gasteiger partial charge in [-0.05, 0) is 32.8 Å². The van der Waals surface area contributed by atoms with Gasteiger partial charge >= 0.3 is 6.09 Å². The average Bonchev–Trinajstić information content (AvgIpc) is 2.50. The van der Waals surface area contributed by atoms with Crippen LogP contribution in [0.3, 0.4) is 0 Å². The van der Waals surface area contributed by atoms with Gasteiger partial charge in [0.2, 0.25) is 0 Å². The predicted octanol–water partition coefficient (Wildman–Crippen LogP) is 2.96. The van der Waals surface area contributed by atoms with Crippen molar-refractivity contribution in [3.8, 4) is 0 Å². The van der Waals surface area contributed by atoms with E-state index in [1.54, 1.807) is 0 Å². The fourth-order valence-electron chi connectivity index (χ4n) is 2.01. The predicted molar refractivity (Wildman–Crippen MR) is 98.0 cm³/mol. The summed E-state index contributed by atoms with van der Waals surface area (Å²) in [5.74, 6) is 0.385. The highest BCUT2D eigenvalue weighted by atomic mass is 16.6. The van der Waals surface area contributed by atoms with Crippen LogP contribution in [0.15, 0.2) is 35.3 Å². The van der Waals surface area contributed by atoms with Gasteiger partial charge in [-0.1, -0.05) is 43.7 Å². The number of carbonyl (C=O) groups excluding carboxylic acids is 1. The summed E-state index contributed by atoms with van der Waals surface area (Å²) in [6.07, 6.45) is 1.66. The maximum atomic E-state index is 12.1. The summed E-state index contributed by atoms with van der Waals surface area (Å²) < 4.78 is 5.33. The Labute approximate surface area is 144 Å². The second-order valence-corrected chi connectivity index (χ2v) is 6.62. The third-order valence-corrected chi connectivity index (χ3v) is 3.17. The molecule has 1 unspecified atom stereocenters. The number of carbonyl (C=O) groups is 1. The van der Waals surface area contributed by atoms with E-state index in [-0.39, 0.29) is 6.04 Å². The minimum atomic E-state index is -0.546. The van der Waals surface area contributed by atoms with Crippen LogP contribution in [0.25, 0.3) is 0 Å². The van der Waals surface area contributed by atoms with Crippen molar-refractivity contribution < 1.29 is 9.53 Å². The van der Waals surface area contributed by atoms with E-state index in [1.807, 2.05) is 51.1 Å². The highest BCUT2D eigenvalue weighted by Gasteiger charge is 2.20. The number of unbranched alkanes of at least 4 members (excludes halogenated alkanes) is 1. The van der Waals surface area contributed by atoms with Gasteiger partial charge in [0.25, 0.3) is 0 Å². The van der Waals surface area contributed by atoms with Crippen molar-refractivity contribution in [1.82, 2.24) is 10.6 Å². The Bertz CT molecular complexity index is 524. The topological polar surface area (TPSA) is 88.7 Å². The summed E-state index contributed by atoms with van der Waals surface area (Å²) in [6.45, 7) is 8.74. The van der Waals surface area contributed by atoms with Crippen molar-refractivity contribution in [2.75, 3.05) is 13.1 Å². The van der Waals surface area contributed by atoms with E-state index in [4.69, 9.17) is 10.5 Å². The van der Waals surface area contributed by atoms with Crippen molar-refractivity contribution in [2.24, 2.45) is 10.7 Å². The maximum absolute atomic E-state index is 12.1. The highest BCUT2D eigenvalue weighted by molar-refractivity contribution is 5.77. The number of nitrogens with two attached hydrogens (primary N) is 1. The highest BCUT2D eigenvalue weighted by Crippen LogP contribution is 2.15. The smallest absolute Gasteiger partial charge is 0.408 e. The van der Waals surface area contributed by atoms with Crippen molar-refractivity contribution in [1.29, 1.82) is 0 Å². The molecular formula is C18H30N4O2. The van der Waals surface area contributed by atoms with Gasteiger partial charge in [0.15, 0.2) is 5.96 Å². The number of amides is 1. The Morgan fingerprint density at radius 1 is 1.29 bits per heavy atom. The Hall–Kier alpha value is -2.24. The molecule has 134 valence electrons. The lowest BCUT2D eigenvalue weighted by Crippen LogP contribution is -2.37. The largest absolute Gasteiger partial charge is 0.444 e. The normalized spacial score (nSPS) is 13.2. The van der Waals surface area contributed by atoms with Crippen LogP contribution in [0.5, 0.6) is 0 Å². The number of benzene rings is 1. The van der Waals surface area contributed by atoms with Gasteiger partial charge in [0, 0.05) is 6.54 Å². The van der Waals surface area contributed by atoms with E-state index in [9.17, 15) is 4.79 Å². The third kappa shape index (κ3) is 8.41. The molecule has 0 aliphatic rings. The van der Waals surface area contributed by atoms with Crippen LogP contribution in [-0.2, 0) is 4.74 Å². The van der Waals surface area contributed by atoms with Gasteiger partial charge in [-0.25, -0.2) is 4.79 Å². The molecule has 0 saturated carbocycles. The first kappa shape index (κ1) is 19.8. The lowest BCUT2D eigenvalue weighted by atomic mass is 10.1. The lowest BCUT2D eigenvalue weighted by Gasteiger charge is -2.23. The first-order chi connectivity index (χ1) is 11.3. The first-order valence-electron chi connectivity index (χ1n) is 8.40. The zero-order valence-corrected chi connectivity index (χ0v) is 15.1. The van der Waals surface area contributed by atoms with Crippen molar-refractivity contribution in [3.63, 3.8) is 0 Å². The molecule has 0 saturated heterocycles. The molecule has 0 aromatic heterocycles. The zero-order valence-electron chi connectivity index (χ0n) is 15.1.